The van der Waals surface area contributed by atoms with Crippen LogP contribution in [-0.2, 0) is 18.0 Å². The second-order valence-corrected chi connectivity index (χ2v) is 7.59. The van der Waals surface area contributed by atoms with Gasteiger partial charge in [-0.3, -0.25) is 9.69 Å². The molecule has 0 unspecified atom stereocenters. The first-order valence-electron chi connectivity index (χ1n) is 9.99. The first-order chi connectivity index (χ1) is 14.0. The largest absolute Gasteiger partial charge is 0.478 e. The lowest BCUT2D eigenvalue weighted by Crippen LogP contribution is -2.49. The first kappa shape index (κ1) is 21.0. The number of nitrogens with zero attached hydrogens (tertiary/aromatic N) is 1. The van der Waals surface area contributed by atoms with Gasteiger partial charge in [0, 0.05) is 6.54 Å². The molecule has 2 N–H and O–H groups in total. The highest BCUT2D eigenvalue weighted by molar-refractivity contribution is 5.87. The van der Waals surface area contributed by atoms with Crippen LogP contribution in [0.25, 0.3) is 0 Å². The Hall–Kier alpha value is -2.73. The van der Waals surface area contributed by atoms with Crippen LogP contribution in [-0.4, -0.2) is 34.5 Å². The van der Waals surface area contributed by atoms with Gasteiger partial charge in [0.25, 0.3) is 0 Å². The number of carboxylic acids is 1. The number of likely N-dealkylation sites (tertiary alicyclic amines) is 1. The Balaban J connectivity index is 1.64. The predicted molar refractivity (Wildman–Crippen MR) is 109 cm³/mol. The lowest BCUT2D eigenvalue weighted by atomic mass is 9.99. The number of hydrogen-bond donors (Lipinski definition) is 2. The van der Waals surface area contributed by atoms with Gasteiger partial charge >= 0.3 is 5.97 Å². The minimum atomic E-state index is -0.967. The molecule has 2 aromatic rings. The molecule has 0 radical (unpaired) electrons. The fourth-order valence-corrected chi connectivity index (χ4v) is 3.75. The van der Waals surface area contributed by atoms with Gasteiger partial charge in [-0.2, -0.15) is 0 Å². The average Bonchev–Trinajstić information content (AvgIpc) is 2.74. The van der Waals surface area contributed by atoms with Crippen molar-refractivity contribution in [3.05, 3.63) is 70.8 Å². The van der Waals surface area contributed by atoms with E-state index >= 15 is 0 Å². The van der Waals surface area contributed by atoms with Gasteiger partial charge in [-0.25, -0.2) is 9.18 Å². The number of aromatic carboxylic acids is 1. The maximum absolute atomic E-state index is 13.0. The molecule has 0 saturated carbocycles. The van der Waals surface area contributed by atoms with E-state index in [-0.39, 0.29) is 23.6 Å². The molecule has 2 aromatic carbocycles. The fraction of sp³-hybridized carbons (Fsp3) is 0.391. The zero-order valence-corrected chi connectivity index (χ0v) is 16.6. The van der Waals surface area contributed by atoms with E-state index in [1.54, 1.807) is 36.4 Å². The maximum atomic E-state index is 13.0. The van der Waals surface area contributed by atoms with Gasteiger partial charge in [0.05, 0.1) is 17.6 Å². The van der Waals surface area contributed by atoms with Crippen molar-refractivity contribution in [1.29, 1.82) is 0 Å². The van der Waals surface area contributed by atoms with Gasteiger partial charge < -0.3 is 10.4 Å². The predicted octanol–water partition coefficient (Wildman–Crippen LogP) is 4.09. The minimum absolute atomic E-state index is 0.0140. The molecule has 1 fully saturated rings. The number of carbonyl (C=O) groups is 2. The molecule has 5 nitrogen and oxygen atoms in total. The van der Waals surface area contributed by atoms with Gasteiger partial charge in [0.15, 0.2) is 0 Å². The normalized spacial score (nSPS) is 18.2. The Labute approximate surface area is 170 Å². The summed E-state index contributed by atoms with van der Waals surface area (Å²) in [4.78, 5) is 26.1. The lowest BCUT2D eigenvalue weighted by Gasteiger charge is -2.35. The number of halogens is 1. The van der Waals surface area contributed by atoms with E-state index in [0.29, 0.717) is 12.1 Å². The van der Waals surface area contributed by atoms with E-state index in [1.165, 1.54) is 0 Å². The summed E-state index contributed by atoms with van der Waals surface area (Å²) in [5, 5.41) is 12.1. The van der Waals surface area contributed by atoms with Gasteiger partial charge in [0.1, 0.15) is 6.67 Å². The first-order valence-corrected chi connectivity index (χ1v) is 9.99. The summed E-state index contributed by atoms with van der Waals surface area (Å²) in [6.45, 7) is 2.94. The quantitative estimate of drug-likeness (QED) is 0.737. The van der Waals surface area contributed by atoms with Crippen LogP contribution in [0.1, 0.15) is 59.3 Å². The molecule has 0 spiro atoms. The molecule has 6 heteroatoms. The van der Waals surface area contributed by atoms with Crippen LogP contribution in [0.5, 0.6) is 0 Å². The molecule has 0 bridgehead atoms. The Bertz CT molecular complexity index is 836. The third-order valence-electron chi connectivity index (χ3n) is 5.50. The molecule has 1 amide bonds. The molecule has 1 heterocycles. The Morgan fingerprint density at radius 2 is 1.76 bits per heavy atom. The van der Waals surface area contributed by atoms with Gasteiger partial charge in [0.2, 0.25) is 5.91 Å². The van der Waals surface area contributed by atoms with E-state index in [1.807, 2.05) is 19.1 Å². The molecule has 0 aliphatic carbocycles. The zero-order valence-electron chi connectivity index (χ0n) is 16.6. The molecule has 2 atom stereocenters. The van der Waals surface area contributed by atoms with Crippen LogP contribution in [0.3, 0.4) is 0 Å². The summed E-state index contributed by atoms with van der Waals surface area (Å²) >= 11 is 0. The Morgan fingerprint density at radius 3 is 2.38 bits per heavy atom. The summed E-state index contributed by atoms with van der Waals surface area (Å²) in [6.07, 6.45) is 2.87. The van der Waals surface area contributed by atoms with Crippen molar-refractivity contribution in [2.24, 2.45) is 0 Å². The molecule has 1 aliphatic rings. The van der Waals surface area contributed by atoms with E-state index in [4.69, 9.17) is 5.11 Å². The summed E-state index contributed by atoms with van der Waals surface area (Å²) < 4.78 is 12.7. The SMILES string of the molecule is C[C@H](NC(=O)[C@H]1CCCCN1Cc1ccc(CF)cc1)c1ccc(C(=O)O)cc1. The number of carbonyl (C=O) groups excluding carboxylic acids is 1. The highest BCUT2D eigenvalue weighted by atomic mass is 19.1. The smallest absolute Gasteiger partial charge is 0.335 e. The molecule has 29 heavy (non-hydrogen) atoms. The second-order valence-electron chi connectivity index (χ2n) is 7.59. The molecule has 1 saturated heterocycles. The summed E-state index contributed by atoms with van der Waals surface area (Å²) in [7, 11) is 0. The van der Waals surface area contributed by atoms with Gasteiger partial charge in [-0.1, -0.05) is 42.8 Å². The van der Waals surface area contributed by atoms with Crippen molar-refractivity contribution in [3.8, 4) is 0 Å². The van der Waals surface area contributed by atoms with Crippen molar-refractivity contribution in [2.75, 3.05) is 6.54 Å². The molecular formula is C23H27FN2O3. The standard InChI is InChI=1S/C23H27FN2O3/c1-16(19-9-11-20(12-10-19)23(28)29)25-22(27)21-4-2-3-13-26(21)15-18-7-5-17(14-24)6-8-18/h5-12,16,21H,2-4,13-15H2,1H3,(H,25,27)(H,28,29)/t16-,21+/m0/s1. The van der Waals surface area contributed by atoms with Crippen LogP contribution in [0.4, 0.5) is 4.39 Å². The van der Waals surface area contributed by atoms with Crippen molar-refractivity contribution in [1.82, 2.24) is 10.2 Å². The van der Waals surface area contributed by atoms with Crippen molar-refractivity contribution in [2.45, 2.75) is 51.5 Å². The monoisotopic (exact) mass is 398 g/mol. The maximum Gasteiger partial charge on any atom is 0.335 e. The number of benzene rings is 2. The van der Waals surface area contributed by atoms with Gasteiger partial charge in [-0.05, 0) is 55.1 Å². The molecular weight excluding hydrogens is 371 g/mol. The number of hydrogen-bond acceptors (Lipinski definition) is 3. The third-order valence-corrected chi connectivity index (χ3v) is 5.50. The van der Waals surface area contributed by atoms with E-state index in [0.717, 1.165) is 36.9 Å². The van der Waals surface area contributed by atoms with Gasteiger partial charge in [-0.15, -0.1) is 0 Å². The van der Waals surface area contributed by atoms with E-state index in [2.05, 4.69) is 10.2 Å². The number of nitrogens with one attached hydrogen (secondary N) is 1. The molecule has 1 aliphatic heterocycles. The Morgan fingerprint density at radius 1 is 1.10 bits per heavy atom. The number of alkyl halides is 1. The van der Waals surface area contributed by atoms with Crippen molar-refractivity contribution < 1.29 is 19.1 Å². The summed E-state index contributed by atoms with van der Waals surface area (Å²) in [5.74, 6) is -0.981. The summed E-state index contributed by atoms with van der Waals surface area (Å²) in [5.41, 5.74) is 2.82. The van der Waals surface area contributed by atoms with Crippen LogP contribution in [0.2, 0.25) is 0 Å². The highest BCUT2D eigenvalue weighted by Gasteiger charge is 2.29. The Kier molecular flexibility index (Phi) is 6.99. The van der Waals surface area contributed by atoms with Crippen molar-refractivity contribution >= 4 is 11.9 Å². The van der Waals surface area contributed by atoms with E-state index < -0.39 is 12.6 Å². The van der Waals surface area contributed by atoms with Crippen LogP contribution < -0.4 is 5.32 Å². The highest BCUT2D eigenvalue weighted by Crippen LogP contribution is 2.22. The fourth-order valence-electron chi connectivity index (χ4n) is 3.75. The third kappa shape index (κ3) is 5.41. The zero-order chi connectivity index (χ0) is 20.8. The second kappa shape index (κ2) is 9.65. The van der Waals surface area contributed by atoms with Crippen LogP contribution in [0.15, 0.2) is 48.5 Å². The number of piperidine rings is 1. The van der Waals surface area contributed by atoms with Crippen LogP contribution >= 0.6 is 0 Å². The van der Waals surface area contributed by atoms with Crippen molar-refractivity contribution in [3.63, 3.8) is 0 Å². The topological polar surface area (TPSA) is 69.6 Å². The average molecular weight is 398 g/mol. The number of amides is 1. The molecule has 154 valence electrons. The molecule has 0 aromatic heterocycles. The number of rotatable bonds is 7. The van der Waals surface area contributed by atoms with E-state index in [9.17, 15) is 14.0 Å². The van der Waals surface area contributed by atoms with Crippen LogP contribution in [0, 0.1) is 0 Å². The summed E-state index contributed by atoms with van der Waals surface area (Å²) in [6, 6.07) is 13.6. The number of carboxylic acid groups (broad SMARTS) is 1. The lowest BCUT2D eigenvalue weighted by molar-refractivity contribution is -0.128. The molecule has 3 rings (SSSR count). The minimum Gasteiger partial charge on any atom is -0.478 e.